The van der Waals surface area contributed by atoms with Gasteiger partial charge in [-0.15, -0.1) is 0 Å². The minimum absolute atomic E-state index is 0.285. The van der Waals surface area contributed by atoms with Crippen LogP contribution in [0.25, 0.3) is 0 Å². The second kappa shape index (κ2) is 11.2. The minimum atomic E-state index is -4.60. The number of carbonyl (C=O) groups is 1. The molecule has 21 heavy (non-hydrogen) atoms. The molecular formula is C13H27O7P. The van der Waals surface area contributed by atoms with E-state index in [4.69, 9.17) is 14.5 Å². The molecule has 0 saturated heterocycles. The number of hydrogen-bond acceptors (Lipinski definition) is 5. The van der Waals surface area contributed by atoms with Crippen molar-refractivity contribution in [3.05, 3.63) is 0 Å². The first kappa shape index (κ1) is 20.5. The van der Waals surface area contributed by atoms with Crippen molar-refractivity contribution in [1.29, 1.82) is 0 Å². The van der Waals surface area contributed by atoms with Gasteiger partial charge in [0.05, 0.1) is 6.61 Å². The Bertz CT molecular complexity index is 326. The molecule has 1 atom stereocenters. The number of carbonyl (C=O) groups excluding carboxylic acids is 1. The number of phosphoric ester groups is 1. The molecule has 0 saturated carbocycles. The molecule has 7 nitrogen and oxygen atoms in total. The summed E-state index contributed by atoms with van der Waals surface area (Å²) in [7, 11) is -4.60. The van der Waals surface area contributed by atoms with E-state index in [-0.39, 0.29) is 13.0 Å². The Labute approximate surface area is 125 Å². The lowest BCUT2D eigenvalue weighted by atomic mass is 10.0. The maximum Gasteiger partial charge on any atom is 0.469 e. The minimum Gasteiger partial charge on any atom is -0.463 e. The molecule has 0 aliphatic heterocycles. The maximum absolute atomic E-state index is 11.4. The quantitative estimate of drug-likeness (QED) is 0.285. The summed E-state index contributed by atoms with van der Waals surface area (Å²) in [5, 5.41) is 9.31. The second-order valence-electron chi connectivity index (χ2n) is 5.47. The molecule has 0 rings (SSSR count). The highest BCUT2D eigenvalue weighted by atomic mass is 31.2. The summed E-state index contributed by atoms with van der Waals surface area (Å²) in [6.45, 7) is 3.46. The van der Waals surface area contributed by atoms with Crippen LogP contribution in [0.4, 0.5) is 0 Å². The van der Waals surface area contributed by atoms with Crippen molar-refractivity contribution in [3.63, 3.8) is 0 Å². The number of unbranched alkanes of at least 4 members (excludes halogenated alkanes) is 3. The van der Waals surface area contributed by atoms with E-state index >= 15 is 0 Å². The maximum atomic E-state index is 11.4. The molecule has 0 aromatic carbocycles. The summed E-state index contributed by atoms with van der Waals surface area (Å²) in [5.74, 6) is 0.279. The molecule has 0 aromatic heterocycles. The molecule has 126 valence electrons. The molecule has 3 N–H and O–H groups in total. The number of aliphatic hydroxyl groups is 1. The van der Waals surface area contributed by atoms with Gasteiger partial charge in [-0.3, -0.25) is 9.32 Å². The third-order valence-electron chi connectivity index (χ3n) is 2.78. The van der Waals surface area contributed by atoms with Crippen LogP contribution in [0, 0.1) is 5.92 Å². The zero-order chi connectivity index (χ0) is 16.3. The average Bonchev–Trinajstić information content (AvgIpc) is 2.36. The predicted octanol–water partition coefficient (Wildman–Crippen LogP) is 2.00. The fourth-order valence-electron chi connectivity index (χ4n) is 1.67. The molecule has 0 aromatic rings. The van der Waals surface area contributed by atoms with Crippen LogP contribution in [0.3, 0.4) is 0 Å². The van der Waals surface area contributed by atoms with E-state index in [1.54, 1.807) is 0 Å². The molecule has 0 spiro atoms. The zero-order valence-corrected chi connectivity index (χ0v) is 13.6. The number of hydrogen-bond donors (Lipinski definition) is 3. The van der Waals surface area contributed by atoms with Crippen molar-refractivity contribution in [1.82, 2.24) is 0 Å². The average molecular weight is 326 g/mol. The van der Waals surface area contributed by atoms with Crippen LogP contribution in [0.2, 0.25) is 0 Å². The molecule has 0 bridgehead atoms. The van der Waals surface area contributed by atoms with E-state index in [0.717, 1.165) is 25.7 Å². The van der Waals surface area contributed by atoms with E-state index in [9.17, 15) is 14.5 Å². The van der Waals surface area contributed by atoms with E-state index in [1.807, 2.05) is 0 Å². The normalized spacial score (nSPS) is 13.4. The van der Waals surface area contributed by atoms with E-state index < -0.39 is 26.5 Å². The molecule has 0 heterocycles. The Hall–Kier alpha value is -0.460. The topological polar surface area (TPSA) is 113 Å². The van der Waals surface area contributed by atoms with Crippen molar-refractivity contribution in [2.24, 2.45) is 5.92 Å². The fraction of sp³-hybridized carbons (Fsp3) is 0.923. The van der Waals surface area contributed by atoms with Crippen molar-refractivity contribution < 1.29 is 33.5 Å². The lowest BCUT2D eigenvalue weighted by Gasteiger charge is -2.12. The first-order valence-electron chi connectivity index (χ1n) is 7.24. The van der Waals surface area contributed by atoms with Gasteiger partial charge in [0, 0.05) is 6.42 Å². The van der Waals surface area contributed by atoms with Gasteiger partial charge in [0.1, 0.15) is 12.7 Å². The Morgan fingerprint density at radius 3 is 2.29 bits per heavy atom. The van der Waals surface area contributed by atoms with Crippen LogP contribution in [0.5, 0.6) is 0 Å². The van der Waals surface area contributed by atoms with Crippen molar-refractivity contribution in [2.45, 2.75) is 58.5 Å². The highest BCUT2D eigenvalue weighted by Gasteiger charge is 2.17. The van der Waals surface area contributed by atoms with Crippen LogP contribution in [0.15, 0.2) is 0 Å². The van der Waals surface area contributed by atoms with Gasteiger partial charge in [-0.1, -0.05) is 39.5 Å². The number of phosphoric acid groups is 1. The van der Waals surface area contributed by atoms with Gasteiger partial charge in [-0.25, -0.2) is 4.57 Å². The molecule has 1 unspecified atom stereocenters. The van der Waals surface area contributed by atoms with Crippen LogP contribution in [-0.4, -0.2) is 40.2 Å². The predicted molar refractivity (Wildman–Crippen MR) is 77.5 cm³/mol. The number of esters is 1. The van der Waals surface area contributed by atoms with E-state index in [0.29, 0.717) is 5.92 Å². The highest BCUT2D eigenvalue weighted by Crippen LogP contribution is 2.35. The van der Waals surface area contributed by atoms with Crippen molar-refractivity contribution in [2.75, 3.05) is 13.2 Å². The molecule has 0 fully saturated rings. The Balaban J connectivity index is 3.51. The van der Waals surface area contributed by atoms with Crippen LogP contribution >= 0.6 is 7.82 Å². The molecule has 0 aliphatic carbocycles. The molecule has 0 radical (unpaired) electrons. The fourth-order valence-corrected chi connectivity index (χ4v) is 2.03. The summed E-state index contributed by atoms with van der Waals surface area (Å²) >= 11 is 0. The molecule has 8 heteroatoms. The molecule has 0 amide bonds. The van der Waals surface area contributed by atoms with Gasteiger partial charge < -0.3 is 19.6 Å². The first-order valence-corrected chi connectivity index (χ1v) is 8.77. The van der Waals surface area contributed by atoms with Crippen molar-refractivity contribution in [3.8, 4) is 0 Å². The molecule has 0 aliphatic rings. The van der Waals surface area contributed by atoms with Crippen LogP contribution in [0.1, 0.15) is 52.4 Å². The van der Waals surface area contributed by atoms with Gasteiger partial charge in [-0.2, -0.15) is 0 Å². The lowest BCUT2D eigenvalue weighted by molar-refractivity contribution is -0.147. The van der Waals surface area contributed by atoms with E-state index in [2.05, 4.69) is 18.4 Å². The number of aliphatic hydroxyl groups excluding tert-OH is 1. The second-order valence-corrected chi connectivity index (χ2v) is 6.71. The van der Waals surface area contributed by atoms with Crippen LogP contribution < -0.4 is 0 Å². The van der Waals surface area contributed by atoms with Gasteiger partial charge in [0.25, 0.3) is 0 Å². The SMILES string of the molecule is CC(C)CCCCCCC(=O)OCC(O)COP(=O)(O)O. The molecular weight excluding hydrogens is 299 g/mol. The zero-order valence-electron chi connectivity index (χ0n) is 12.7. The Morgan fingerprint density at radius 1 is 1.10 bits per heavy atom. The van der Waals surface area contributed by atoms with Gasteiger partial charge >= 0.3 is 13.8 Å². The van der Waals surface area contributed by atoms with Gasteiger partial charge in [-0.05, 0) is 12.3 Å². The summed E-state index contributed by atoms with van der Waals surface area (Å²) in [5.41, 5.74) is 0. The van der Waals surface area contributed by atoms with Crippen molar-refractivity contribution >= 4 is 13.8 Å². The third kappa shape index (κ3) is 15.7. The Kier molecular flexibility index (Phi) is 10.9. The summed E-state index contributed by atoms with van der Waals surface area (Å²) < 4.78 is 19.3. The standard InChI is InChI=1S/C13H27O7P/c1-11(2)7-5-3-4-6-8-13(15)19-9-12(14)10-20-21(16,17)18/h11-12,14H,3-10H2,1-2H3,(H2,16,17,18). The summed E-state index contributed by atoms with van der Waals surface area (Å²) in [6.07, 6.45) is 4.18. The number of ether oxygens (including phenoxy) is 1. The first-order chi connectivity index (χ1) is 9.70. The van der Waals surface area contributed by atoms with Gasteiger partial charge in [0.2, 0.25) is 0 Å². The summed E-state index contributed by atoms with van der Waals surface area (Å²) in [4.78, 5) is 28.2. The monoisotopic (exact) mass is 326 g/mol. The lowest BCUT2D eigenvalue weighted by Crippen LogP contribution is -2.23. The summed E-state index contributed by atoms with van der Waals surface area (Å²) in [6, 6.07) is 0. The van der Waals surface area contributed by atoms with E-state index in [1.165, 1.54) is 6.42 Å². The van der Waals surface area contributed by atoms with Gasteiger partial charge in [0.15, 0.2) is 0 Å². The smallest absolute Gasteiger partial charge is 0.463 e. The Morgan fingerprint density at radius 2 is 1.71 bits per heavy atom. The number of rotatable bonds is 12. The largest absolute Gasteiger partial charge is 0.469 e. The third-order valence-corrected chi connectivity index (χ3v) is 3.27. The van der Waals surface area contributed by atoms with Crippen LogP contribution in [-0.2, 0) is 18.6 Å². The highest BCUT2D eigenvalue weighted by molar-refractivity contribution is 7.46.